The van der Waals surface area contributed by atoms with Crippen molar-refractivity contribution in [3.63, 3.8) is 0 Å². The Morgan fingerprint density at radius 3 is 2.63 bits per heavy atom. The van der Waals surface area contributed by atoms with Crippen LogP contribution in [0.3, 0.4) is 0 Å². The van der Waals surface area contributed by atoms with Crippen molar-refractivity contribution in [2.24, 2.45) is 0 Å². The molecule has 158 valence electrons. The van der Waals surface area contributed by atoms with E-state index in [9.17, 15) is 9.90 Å². The number of ether oxygens (including phenoxy) is 1. The predicted octanol–water partition coefficient (Wildman–Crippen LogP) is 5.34. The molecule has 1 aliphatic carbocycles. The fourth-order valence-electron chi connectivity index (χ4n) is 4.73. The SMILES string of the molecule is C=C1C(C)c2ccc(Nc3ccc(C(=O)O)cc3OC)nc2N(C2CCCC2)[C@@H]1C. The van der Waals surface area contributed by atoms with Crippen LogP contribution in [0, 0.1) is 0 Å². The number of aromatic nitrogens is 1. The van der Waals surface area contributed by atoms with E-state index in [0.717, 1.165) is 5.82 Å². The third-order valence-electron chi connectivity index (χ3n) is 6.56. The third-order valence-corrected chi connectivity index (χ3v) is 6.56. The Kier molecular flexibility index (Phi) is 5.41. The summed E-state index contributed by atoms with van der Waals surface area (Å²) in [6.45, 7) is 8.81. The van der Waals surface area contributed by atoms with E-state index >= 15 is 0 Å². The molecule has 1 unspecified atom stereocenters. The van der Waals surface area contributed by atoms with Gasteiger partial charge in [-0.15, -0.1) is 0 Å². The summed E-state index contributed by atoms with van der Waals surface area (Å²) in [5.74, 6) is 1.49. The quantitative estimate of drug-likeness (QED) is 0.652. The smallest absolute Gasteiger partial charge is 0.335 e. The van der Waals surface area contributed by atoms with Gasteiger partial charge in [0, 0.05) is 23.6 Å². The number of methoxy groups -OCH3 is 1. The monoisotopic (exact) mass is 407 g/mol. The number of carbonyl (C=O) groups is 1. The molecule has 2 N–H and O–H groups in total. The summed E-state index contributed by atoms with van der Waals surface area (Å²) in [5, 5.41) is 12.5. The topological polar surface area (TPSA) is 74.7 Å². The number of carboxylic acids is 1. The van der Waals surface area contributed by atoms with Crippen LogP contribution < -0.4 is 15.0 Å². The average Bonchev–Trinajstić information content (AvgIpc) is 3.26. The second-order valence-corrected chi connectivity index (χ2v) is 8.27. The number of carboxylic acid groups (broad SMARTS) is 1. The second kappa shape index (κ2) is 8.01. The minimum Gasteiger partial charge on any atom is -0.495 e. The number of hydrogen-bond donors (Lipinski definition) is 2. The first-order valence-electron chi connectivity index (χ1n) is 10.6. The van der Waals surface area contributed by atoms with Crippen LogP contribution in [0.2, 0.25) is 0 Å². The summed E-state index contributed by atoms with van der Waals surface area (Å²) < 4.78 is 5.40. The largest absolute Gasteiger partial charge is 0.495 e. The average molecular weight is 408 g/mol. The zero-order valence-corrected chi connectivity index (χ0v) is 17.8. The van der Waals surface area contributed by atoms with Crippen LogP contribution >= 0.6 is 0 Å². The Bertz CT molecular complexity index is 982. The predicted molar refractivity (Wildman–Crippen MR) is 119 cm³/mol. The maximum Gasteiger partial charge on any atom is 0.335 e. The van der Waals surface area contributed by atoms with Crippen molar-refractivity contribution < 1.29 is 14.6 Å². The molecular weight excluding hydrogens is 378 g/mol. The summed E-state index contributed by atoms with van der Waals surface area (Å²) in [4.78, 5) is 18.7. The normalized spacial score (nSPS) is 21.4. The van der Waals surface area contributed by atoms with Crippen LogP contribution in [-0.2, 0) is 0 Å². The van der Waals surface area contributed by atoms with E-state index in [1.807, 2.05) is 6.07 Å². The highest BCUT2D eigenvalue weighted by Crippen LogP contribution is 2.44. The summed E-state index contributed by atoms with van der Waals surface area (Å²) >= 11 is 0. The fourth-order valence-corrected chi connectivity index (χ4v) is 4.73. The first-order chi connectivity index (χ1) is 14.4. The summed E-state index contributed by atoms with van der Waals surface area (Å²) in [6.07, 6.45) is 4.90. The highest BCUT2D eigenvalue weighted by Gasteiger charge is 2.37. The van der Waals surface area contributed by atoms with Gasteiger partial charge in [0.2, 0.25) is 0 Å². The Hall–Kier alpha value is -3.02. The maximum absolute atomic E-state index is 11.2. The number of hydrogen-bond acceptors (Lipinski definition) is 5. The molecular formula is C24H29N3O3. The Labute approximate surface area is 177 Å². The van der Waals surface area contributed by atoms with Gasteiger partial charge in [-0.3, -0.25) is 0 Å². The lowest BCUT2D eigenvalue weighted by Gasteiger charge is -2.44. The van der Waals surface area contributed by atoms with Gasteiger partial charge >= 0.3 is 5.97 Å². The third kappa shape index (κ3) is 3.51. The molecule has 1 fully saturated rings. The fraction of sp³-hybridized carbons (Fsp3) is 0.417. The molecule has 6 nitrogen and oxygen atoms in total. The van der Waals surface area contributed by atoms with Crippen molar-refractivity contribution in [1.82, 2.24) is 4.98 Å². The number of anilines is 3. The van der Waals surface area contributed by atoms with Gasteiger partial charge in [0.1, 0.15) is 17.4 Å². The number of rotatable bonds is 5. The van der Waals surface area contributed by atoms with Gasteiger partial charge in [0.15, 0.2) is 0 Å². The van der Waals surface area contributed by atoms with E-state index in [4.69, 9.17) is 9.72 Å². The Morgan fingerprint density at radius 2 is 1.97 bits per heavy atom. The second-order valence-electron chi connectivity index (χ2n) is 8.27. The van der Waals surface area contributed by atoms with E-state index in [-0.39, 0.29) is 17.5 Å². The summed E-state index contributed by atoms with van der Waals surface area (Å²) in [7, 11) is 1.53. The van der Waals surface area contributed by atoms with Crippen molar-refractivity contribution in [3.8, 4) is 5.75 Å². The molecule has 1 aromatic carbocycles. The van der Waals surface area contributed by atoms with Gasteiger partial charge in [-0.2, -0.15) is 0 Å². The maximum atomic E-state index is 11.2. The van der Waals surface area contributed by atoms with Gasteiger partial charge in [-0.25, -0.2) is 9.78 Å². The van der Waals surface area contributed by atoms with Crippen LogP contribution in [0.4, 0.5) is 17.3 Å². The number of aromatic carboxylic acids is 1. The van der Waals surface area contributed by atoms with Crippen molar-refractivity contribution in [1.29, 1.82) is 0 Å². The molecule has 0 saturated heterocycles. The standard InChI is InChI=1S/C24H29N3O3/c1-14-15(2)19-10-12-22(25-20-11-9-17(24(28)29)13-21(20)30-4)26-23(19)27(16(14)3)18-7-5-6-8-18/h9-13,15-16,18H,1,5-8H2,2-4H3,(H,25,26)(H,28,29)/t15?,16-/m1/s1. The van der Waals surface area contributed by atoms with Gasteiger partial charge in [0.25, 0.3) is 0 Å². The van der Waals surface area contributed by atoms with Crippen LogP contribution in [0.25, 0.3) is 0 Å². The van der Waals surface area contributed by atoms with E-state index < -0.39 is 5.97 Å². The molecule has 2 heterocycles. The minimum atomic E-state index is -0.984. The van der Waals surface area contributed by atoms with Gasteiger partial charge in [-0.05, 0) is 49.6 Å². The zero-order valence-electron chi connectivity index (χ0n) is 17.8. The van der Waals surface area contributed by atoms with Gasteiger partial charge in [-0.1, -0.05) is 32.4 Å². The van der Waals surface area contributed by atoms with Crippen molar-refractivity contribution in [2.75, 3.05) is 17.3 Å². The lowest BCUT2D eigenvalue weighted by Crippen LogP contribution is -2.46. The number of nitrogens with zero attached hydrogens (tertiary/aromatic N) is 2. The van der Waals surface area contributed by atoms with E-state index in [1.54, 1.807) is 12.1 Å². The Morgan fingerprint density at radius 1 is 1.23 bits per heavy atom. The first-order valence-corrected chi connectivity index (χ1v) is 10.6. The zero-order chi connectivity index (χ0) is 21.4. The van der Waals surface area contributed by atoms with Crippen LogP contribution in [0.1, 0.15) is 61.4 Å². The number of pyridine rings is 1. The van der Waals surface area contributed by atoms with E-state index in [1.165, 1.54) is 50.0 Å². The van der Waals surface area contributed by atoms with E-state index in [2.05, 4.69) is 36.7 Å². The number of nitrogens with one attached hydrogen (secondary N) is 1. The highest BCUT2D eigenvalue weighted by atomic mass is 16.5. The number of benzene rings is 1. The van der Waals surface area contributed by atoms with Gasteiger partial charge in [0.05, 0.1) is 18.4 Å². The summed E-state index contributed by atoms with van der Waals surface area (Å²) in [5.41, 5.74) is 3.32. The molecule has 2 aliphatic rings. The molecule has 2 atom stereocenters. The molecule has 0 bridgehead atoms. The molecule has 6 heteroatoms. The minimum absolute atomic E-state index is 0.185. The molecule has 4 rings (SSSR count). The lowest BCUT2D eigenvalue weighted by molar-refractivity contribution is 0.0696. The van der Waals surface area contributed by atoms with Crippen molar-refractivity contribution in [3.05, 3.63) is 53.6 Å². The van der Waals surface area contributed by atoms with Crippen LogP contribution in [0.15, 0.2) is 42.5 Å². The molecule has 0 radical (unpaired) electrons. The highest BCUT2D eigenvalue weighted by molar-refractivity contribution is 5.89. The molecule has 1 aromatic heterocycles. The molecule has 1 aliphatic heterocycles. The van der Waals surface area contributed by atoms with E-state index in [0.29, 0.717) is 23.3 Å². The lowest BCUT2D eigenvalue weighted by atomic mass is 9.84. The summed E-state index contributed by atoms with van der Waals surface area (Å²) in [6, 6.07) is 9.64. The van der Waals surface area contributed by atoms with Crippen molar-refractivity contribution >= 4 is 23.3 Å². The molecule has 0 amide bonds. The van der Waals surface area contributed by atoms with Gasteiger partial charge < -0.3 is 20.1 Å². The van der Waals surface area contributed by atoms with Crippen molar-refractivity contribution in [2.45, 2.75) is 57.5 Å². The molecule has 30 heavy (non-hydrogen) atoms. The molecule has 1 saturated carbocycles. The molecule has 2 aromatic rings. The first kappa shape index (κ1) is 20.3. The van der Waals surface area contributed by atoms with Crippen LogP contribution in [0.5, 0.6) is 5.75 Å². The Balaban J connectivity index is 1.71. The molecule has 0 spiro atoms. The van der Waals surface area contributed by atoms with Crippen LogP contribution in [-0.4, -0.2) is 35.3 Å². The number of fused-ring (bicyclic) bond motifs is 1.